The first-order valence-corrected chi connectivity index (χ1v) is 14.8. The van der Waals surface area contributed by atoms with Gasteiger partial charge in [0.1, 0.15) is 12.4 Å². The van der Waals surface area contributed by atoms with Crippen molar-refractivity contribution in [3.8, 4) is 22.3 Å². The molecule has 0 aliphatic carbocycles. The predicted octanol–water partition coefficient (Wildman–Crippen LogP) is 7.13. The number of thioether (sulfide) groups is 1. The Labute approximate surface area is 264 Å². The van der Waals surface area contributed by atoms with Gasteiger partial charge in [-0.3, -0.25) is 9.59 Å². The van der Waals surface area contributed by atoms with Crippen LogP contribution < -0.4 is 5.56 Å². The third kappa shape index (κ3) is 8.14. The molecule has 13 heteroatoms. The van der Waals surface area contributed by atoms with Gasteiger partial charge < -0.3 is 9.47 Å². The van der Waals surface area contributed by atoms with E-state index in [1.54, 1.807) is 19.2 Å². The topological polar surface area (TPSA) is 81.0 Å². The fourth-order valence-electron chi connectivity index (χ4n) is 4.32. The lowest BCUT2D eigenvalue weighted by Crippen LogP contribution is -2.31. The minimum absolute atomic E-state index is 0.0194. The summed E-state index contributed by atoms with van der Waals surface area (Å²) < 4.78 is 53.8. The van der Waals surface area contributed by atoms with Crippen LogP contribution in [0.3, 0.4) is 0 Å². The molecule has 0 fully saturated rings. The molecule has 45 heavy (non-hydrogen) atoms. The van der Waals surface area contributed by atoms with Gasteiger partial charge in [-0.15, -0.1) is 0 Å². The second-order valence-electron chi connectivity index (χ2n) is 10.0. The third-order valence-corrected chi connectivity index (χ3v) is 8.05. The van der Waals surface area contributed by atoms with Gasteiger partial charge in [0.25, 0.3) is 5.56 Å². The van der Waals surface area contributed by atoms with Gasteiger partial charge in [0.05, 0.1) is 5.56 Å². The molecule has 0 aliphatic heterocycles. The number of carbonyl (C=O) groups excluding carboxylic acids is 1. The Morgan fingerprint density at radius 1 is 0.889 bits per heavy atom. The highest BCUT2D eigenvalue weighted by Crippen LogP contribution is 2.28. The summed E-state index contributed by atoms with van der Waals surface area (Å²) in [6.45, 7) is 0.0812. The lowest BCUT2D eigenvalue weighted by Gasteiger charge is -2.20. The molecule has 2 aromatic heterocycles. The Morgan fingerprint density at radius 2 is 1.47 bits per heavy atom. The first-order chi connectivity index (χ1) is 21.5. The number of likely N-dealkylation sites (N-methyl/N-ethyl adjacent to an activating group) is 1. The van der Waals surface area contributed by atoms with Gasteiger partial charge in [0.15, 0.2) is 5.16 Å². The number of alkyl halides is 3. The zero-order valence-corrected chi connectivity index (χ0v) is 25.2. The molecule has 5 aromatic rings. The lowest BCUT2D eigenvalue weighted by atomic mass is 10.0. The first-order valence-electron chi connectivity index (χ1n) is 13.4. The molecular weight excluding hydrogens is 630 g/mol. The van der Waals surface area contributed by atoms with Gasteiger partial charge in [-0.05, 0) is 46.5 Å². The highest BCUT2D eigenvalue weighted by atomic mass is 35.5. The largest absolute Gasteiger partial charge is 0.451 e. The number of amides is 1. The number of hydrogen-bond donors (Lipinski definition) is 0. The summed E-state index contributed by atoms with van der Waals surface area (Å²) >= 11 is 7.14. The molecule has 0 saturated carbocycles. The van der Waals surface area contributed by atoms with Gasteiger partial charge in [0.2, 0.25) is 11.7 Å². The smallest absolute Gasteiger partial charge is 0.340 e. The summed E-state index contributed by atoms with van der Waals surface area (Å²) in [7, 11) is 1.64. The van der Waals surface area contributed by atoms with E-state index in [-0.39, 0.29) is 28.7 Å². The van der Waals surface area contributed by atoms with Crippen LogP contribution in [0.4, 0.5) is 17.6 Å². The summed E-state index contributed by atoms with van der Waals surface area (Å²) in [5.41, 5.74) is 2.86. The van der Waals surface area contributed by atoms with E-state index in [0.29, 0.717) is 17.3 Å². The van der Waals surface area contributed by atoms with Crippen molar-refractivity contribution in [1.29, 1.82) is 0 Å². The third-order valence-electron chi connectivity index (χ3n) is 6.74. The minimum atomic E-state index is -4.75. The molecule has 7 nitrogen and oxygen atoms in total. The summed E-state index contributed by atoms with van der Waals surface area (Å²) in [6, 6.07) is 21.0. The first kappa shape index (κ1) is 31.9. The average Bonchev–Trinajstić information content (AvgIpc) is 3.02. The SMILES string of the molecule is CN(Cc1ccc(-c2ccc(Cl)cc2)cc1)C(=O)Cn1cc(-c2cnc(C(F)(F)F)nc2)c(=O)nc1SCc1ccc(F)cc1. The maximum absolute atomic E-state index is 13.4. The fraction of sp³-hybridized carbons (Fsp3) is 0.156. The predicted molar refractivity (Wildman–Crippen MR) is 164 cm³/mol. The van der Waals surface area contributed by atoms with Crippen LogP contribution in [0.5, 0.6) is 0 Å². The van der Waals surface area contributed by atoms with Gasteiger partial charge in [-0.1, -0.05) is 71.9 Å². The second-order valence-corrected chi connectivity index (χ2v) is 11.4. The number of halogens is 5. The van der Waals surface area contributed by atoms with E-state index < -0.39 is 23.4 Å². The molecule has 0 spiro atoms. The Kier molecular flexibility index (Phi) is 9.64. The molecule has 0 radical (unpaired) electrons. The summed E-state index contributed by atoms with van der Waals surface area (Å²) in [4.78, 5) is 38.7. The number of nitrogens with zero attached hydrogens (tertiary/aromatic N) is 5. The summed E-state index contributed by atoms with van der Waals surface area (Å²) in [5.74, 6) is -1.72. The maximum Gasteiger partial charge on any atom is 0.451 e. The van der Waals surface area contributed by atoms with Crippen molar-refractivity contribution in [3.05, 3.63) is 130 Å². The molecule has 3 aromatic carbocycles. The molecule has 0 unspecified atom stereocenters. The van der Waals surface area contributed by atoms with E-state index in [1.165, 1.54) is 27.8 Å². The van der Waals surface area contributed by atoms with Crippen molar-refractivity contribution in [2.24, 2.45) is 0 Å². The van der Waals surface area contributed by atoms with Gasteiger partial charge in [0, 0.05) is 48.5 Å². The van der Waals surface area contributed by atoms with Crippen LogP contribution >= 0.6 is 23.4 Å². The average molecular weight is 654 g/mol. The van der Waals surface area contributed by atoms with Crippen LogP contribution in [0.1, 0.15) is 17.0 Å². The Bertz CT molecular complexity index is 1850. The van der Waals surface area contributed by atoms with Crippen LogP contribution in [0.25, 0.3) is 22.3 Å². The number of rotatable bonds is 9. The van der Waals surface area contributed by atoms with Crippen LogP contribution in [0, 0.1) is 5.82 Å². The Morgan fingerprint density at radius 3 is 2.07 bits per heavy atom. The Balaban J connectivity index is 1.37. The van der Waals surface area contributed by atoms with E-state index in [4.69, 9.17) is 11.6 Å². The highest BCUT2D eigenvalue weighted by Gasteiger charge is 2.34. The van der Waals surface area contributed by atoms with Crippen LogP contribution in [0.2, 0.25) is 5.02 Å². The van der Waals surface area contributed by atoms with Crippen molar-refractivity contribution in [2.75, 3.05) is 7.05 Å². The molecule has 5 rings (SSSR count). The molecular formula is C32H24ClF4N5O2S. The molecule has 0 bridgehead atoms. The Hall–Kier alpha value is -4.55. The molecule has 0 aliphatic rings. The highest BCUT2D eigenvalue weighted by molar-refractivity contribution is 7.98. The monoisotopic (exact) mass is 653 g/mol. The van der Waals surface area contributed by atoms with E-state index >= 15 is 0 Å². The zero-order chi connectivity index (χ0) is 32.1. The standard InChI is InChI=1S/C32H24ClF4N5O2S/c1-41(16-20-2-6-22(7-3-20)23-8-10-25(33)11-9-23)28(43)18-42-17-27(24-14-38-30(39-15-24)32(35,36)37)29(44)40-31(42)45-19-21-4-12-26(34)13-5-21/h2-15,17H,16,18-19H2,1H3. The van der Waals surface area contributed by atoms with Crippen molar-refractivity contribution >= 4 is 29.3 Å². The molecule has 230 valence electrons. The molecule has 2 heterocycles. The van der Waals surface area contributed by atoms with Crippen molar-refractivity contribution < 1.29 is 22.4 Å². The van der Waals surface area contributed by atoms with E-state index in [2.05, 4.69) is 15.0 Å². The lowest BCUT2D eigenvalue weighted by molar-refractivity contribution is -0.145. The van der Waals surface area contributed by atoms with Crippen LogP contribution in [-0.4, -0.2) is 37.4 Å². The normalized spacial score (nSPS) is 11.4. The molecule has 0 N–H and O–H groups in total. The van der Waals surface area contributed by atoms with Gasteiger partial charge in [-0.25, -0.2) is 14.4 Å². The van der Waals surface area contributed by atoms with Crippen molar-refractivity contribution in [3.63, 3.8) is 0 Å². The van der Waals surface area contributed by atoms with E-state index in [0.717, 1.165) is 46.4 Å². The number of hydrogen-bond acceptors (Lipinski definition) is 6. The second kappa shape index (κ2) is 13.6. The molecule has 0 atom stereocenters. The summed E-state index contributed by atoms with van der Waals surface area (Å²) in [5, 5.41) is 0.847. The molecule has 1 amide bonds. The number of carbonyl (C=O) groups is 1. The number of aromatic nitrogens is 4. The van der Waals surface area contributed by atoms with Gasteiger partial charge in [-0.2, -0.15) is 18.2 Å². The fourth-order valence-corrected chi connectivity index (χ4v) is 5.36. The van der Waals surface area contributed by atoms with E-state index in [1.807, 2.05) is 48.5 Å². The minimum Gasteiger partial charge on any atom is -0.340 e. The van der Waals surface area contributed by atoms with Crippen LogP contribution in [0.15, 0.2) is 101 Å². The van der Waals surface area contributed by atoms with Crippen molar-refractivity contribution in [1.82, 2.24) is 24.4 Å². The quantitative estimate of drug-likeness (QED) is 0.0957. The van der Waals surface area contributed by atoms with Crippen LogP contribution in [-0.2, 0) is 29.8 Å². The van der Waals surface area contributed by atoms with Gasteiger partial charge >= 0.3 is 6.18 Å². The zero-order valence-electron chi connectivity index (χ0n) is 23.6. The number of benzene rings is 3. The molecule has 0 saturated heterocycles. The van der Waals surface area contributed by atoms with Crippen molar-refractivity contribution in [2.45, 2.75) is 30.2 Å². The van der Waals surface area contributed by atoms with E-state index in [9.17, 15) is 27.2 Å². The maximum atomic E-state index is 13.4. The summed E-state index contributed by atoms with van der Waals surface area (Å²) in [6.07, 6.45) is -1.59.